The summed E-state index contributed by atoms with van der Waals surface area (Å²) in [6.07, 6.45) is 11.4. The van der Waals surface area contributed by atoms with Crippen LogP contribution >= 0.6 is 0 Å². The van der Waals surface area contributed by atoms with Crippen molar-refractivity contribution in [1.29, 1.82) is 0 Å². The molecule has 0 spiro atoms. The Morgan fingerprint density at radius 1 is 1.36 bits per heavy atom. The standard InChI is InChI=1S/C24H22N2O2/c1-28-24(27)12-10-17-9-11-21-18(15-17)5-4-8-22(21)25-14-13-19-16-26-23-7-3-2-6-20(19)23/h2-7,10,12,15-16,22,25-26H,8,13-14H2,1H3/b12-10+. The van der Waals surface area contributed by atoms with Gasteiger partial charge in [0.2, 0.25) is 0 Å². The van der Waals surface area contributed by atoms with Gasteiger partial charge in [0.1, 0.15) is 0 Å². The number of ether oxygens (including phenoxy) is 1. The highest BCUT2D eigenvalue weighted by atomic mass is 16.5. The predicted molar refractivity (Wildman–Crippen MR) is 112 cm³/mol. The van der Waals surface area contributed by atoms with E-state index in [9.17, 15) is 4.79 Å². The zero-order valence-electron chi connectivity index (χ0n) is 15.8. The highest BCUT2D eigenvalue weighted by molar-refractivity contribution is 5.87. The third kappa shape index (κ3) is 3.85. The van der Waals surface area contributed by atoms with E-state index in [1.54, 1.807) is 6.08 Å². The summed E-state index contributed by atoms with van der Waals surface area (Å²) in [5.74, 6) is -0.376. The molecule has 1 unspecified atom stereocenters. The van der Waals surface area contributed by atoms with Crippen LogP contribution in [0.2, 0.25) is 0 Å². The lowest BCUT2D eigenvalue weighted by Crippen LogP contribution is -2.25. The molecule has 0 aliphatic heterocycles. The van der Waals surface area contributed by atoms with Crippen LogP contribution in [0.5, 0.6) is 0 Å². The Kier molecular flexibility index (Phi) is 5.27. The average Bonchev–Trinajstić information content (AvgIpc) is 3.15. The average molecular weight is 370 g/mol. The Bertz CT molecular complexity index is 1050. The number of methoxy groups -OCH3 is 1. The quantitative estimate of drug-likeness (QED) is 0.504. The van der Waals surface area contributed by atoms with Crippen molar-refractivity contribution in [2.45, 2.75) is 18.9 Å². The minimum Gasteiger partial charge on any atom is -0.466 e. The monoisotopic (exact) mass is 370 g/mol. The minimum absolute atomic E-state index is 0.222. The lowest BCUT2D eigenvalue weighted by Gasteiger charge is -2.21. The van der Waals surface area contributed by atoms with E-state index in [0.29, 0.717) is 0 Å². The van der Waals surface area contributed by atoms with Crippen LogP contribution in [0.3, 0.4) is 0 Å². The van der Waals surface area contributed by atoms with E-state index in [-0.39, 0.29) is 12.0 Å². The molecule has 28 heavy (non-hydrogen) atoms. The number of nitrogens with one attached hydrogen (secondary N) is 2. The molecule has 1 aromatic heterocycles. The fourth-order valence-corrected chi connectivity index (χ4v) is 3.59. The topological polar surface area (TPSA) is 54.1 Å². The van der Waals surface area contributed by atoms with Crippen LogP contribution in [0, 0.1) is 12.1 Å². The number of para-hydroxylation sites is 1. The maximum absolute atomic E-state index is 11.3. The highest BCUT2D eigenvalue weighted by Crippen LogP contribution is 2.27. The first-order valence-corrected chi connectivity index (χ1v) is 9.43. The number of rotatable bonds is 6. The van der Waals surface area contributed by atoms with Crippen molar-refractivity contribution < 1.29 is 9.53 Å². The van der Waals surface area contributed by atoms with Crippen molar-refractivity contribution in [2.75, 3.05) is 13.7 Å². The molecule has 0 saturated carbocycles. The third-order valence-corrected chi connectivity index (χ3v) is 5.04. The van der Waals surface area contributed by atoms with E-state index in [2.05, 4.69) is 63.7 Å². The fourth-order valence-electron chi connectivity index (χ4n) is 3.59. The summed E-state index contributed by atoms with van der Waals surface area (Å²) >= 11 is 0. The molecule has 4 nitrogen and oxygen atoms in total. The van der Waals surface area contributed by atoms with Crippen molar-refractivity contribution in [3.63, 3.8) is 0 Å². The number of aromatic amines is 1. The number of carbonyl (C=O) groups excluding carboxylic acids is 1. The van der Waals surface area contributed by atoms with Crippen molar-refractivity contribution in [3.8, 4) is 0 Å². The Hall–Kier alpha value is -3.29. The Labute approximate surface area is 164 Å². The Balaban J connectivity index is 1.42. The first-order chi connectivity index (χ1) is 13.7. The number of hydrogen-bond donors (Lipinski definition) is 2. The second-order valence-electron chi connectivity index (χ2n) is 6.83. The molecule has 0 amide bonds. The summed E-state index contributed by atoms with van der Waals surface area (Å²) in [7, 11) is 1.37. The van der Waals surface area contributed by atoms with Gasteiger partial charge in [-0.05, 0) is 48.7 Å². The number of benzene rings is 1. The largest absolute Gasteiger partial charge is 0.466 e. The minimum atomic E-state index is -0.376. The van der Waals surface area contributed by atoms with E-state index < -0.39 is 0 Å². The summed E-state index contributed by atoms with van der Waals surface area (Å²) in [4.78, 5) is 14.6. The van der Waals surface area contributed by atoms with Gasteiger partial charge in [0.05, 0.1) is 7.11 Å². The van der Waals surface area contributed by atoms with E-state index in [1.165, 1.54) is 29.7 Å². The zero-order chi connectivity index (χ0) is 19.3. The maximum atomic E-state index is 11.3. The van der Waals surface area contributed by atoms with Gasteiger partial charge in [0, 0.05) is 40.3 Å². The van der Waals surface area contributed by atoms with Crippen LogP contribution in [0.25, 0.3) is 23.1 Å². The molecule has 0 radical (unpaired) electrons. The molecule has 4 rings (SSSR count). The van der Waals surface area contributed by atoms with Gasteiger partial charge >= 0.3 is 5.97 Å². The smallest absolute Gasteiger partial charge is 0.330 e. The molecular weight excluding hydrogens is 348 g/mol. The molecule has 0 saturated heterocycles. The normalized spacial score (nSPS) is 15.5. The molecule has 1 aliphatic rings. The molecule has 0 fully saturated rings. The SMILES string of the molecule is COC(=O)/C=C/c1c#cc2c(c1)C=CCC2NCCc1c[nH]c2ccccc12. The van der Waals surface area contributed by atoms with Crippen LogP contribution in [-0.4, -0.2) is 24.6 Å². The van der Waals surface area contributed by atoms with Gasteiger partial charge in [0.15, 0.2) is 0 Å². The van der Waals surface area contributed by atoms with Gasteiger partial charge < -0.3 is 15.0 Å². The Morgan fingerprint density at radius 3 is 3.14 bits per heavy atom. The van der Waals surface area contributed by atoms with Crippen molar-refractivity contribution >= 4 is 29.0 Å². The van der Waals surface area contributed by atoms with Crippen LogP contribution in [0.15, 0.2) is 48.7 Å². The van der Waals surface area contributed by atoms with Gasteiger partial charge in [-0.25, -0.2) is 4.79 Å². The maximum Gasteiger partial charge on any atom is 0.330 e. The van der Waals surface area contributed by atoms with Gasteiger partial charge in [-0.3, -0.25) is 0 Å². The lowest BCUT2D eigenvalue weighted by atomic mass is 9.93. The first kappa shape index (κ1) is 18.1. The van der Waals surface area contributed by atoms with Gasteiger partial charge in [-0.15, -0.1) is 0 Å². The Morgan fingerprint density at radius 2 is 2.25 bits per heavy atom. The second-order valence-corrected chi connectivity index (χ2v) is 6.83. The van der Waals surface area contributed by atoms with Crippen LogP contribution in [0.1, 0.15) is 34.7 Å². The van der Waals surface area contributed by atoms with Crippen molar-refractivity contribution in [1.82, 2.24) is 10.3 Å². The first-order valence-electron chi connectivity index (χ1n) is 9.43. The van der Waals surface area contributed by atoms with Crippen LogP contribution < -0.4 is 5.32 Å². The molecule has 140 valence electrons. The predicted octanol–water partition coefficient (Wildman–Crippen LogP) is 4.24. The van der Waals surface area contributed by atoms with Crippen LogP contribution in [-0.2, 0) is 16.0 Å². The van der Waals surface area contributed by atoms with Gasteiger partial charge in [-0.2, -0.15) is 0 Å². The second kappa shape index (κ2) is 8.16. The van der Waals surface area contributed by atoms with Crippen LogP contribution in [0.4, 0.5) is 0 Å². The molecule has 1 heterocycles. The highest BCUT2D eigenvalue weighted by Gasteiger charge is 2.16. The number of esters is 1. The number of hydrogen-bond acceptors (Lipinski definition) is 3. The number of carbonyl (C=O) groups is 1. The zero-order valence-corrected chi connectivity index (χ0v) is 15.8. The van der Waals surface area contributed by atoms with Gasteiger partial charge in [-0.1, -0.05) is 42.5 Å². The summed E-state index contributed by atoms with van der Waals surface area (Å²) in [6, 6.07) is 17.0. The molecule has 1 atom stereocenters. The molecule has 2 N–H and O–H groups in total. The van der Waals surface area contributed by atoms with Crippen molar-refractivity contribution in [2.24, 2.45) is 0 Å². The number of fused-ring (bicyclic) bond motifs is 2. The third-order valence-electron chi connectivity index (χ3n) is 5.04. The van der Waals surface area contributed by atoms with E-state index >= 15 is 0 Å². The fraction of sp³-hybridized carbons (Fsp3) is 0.208. The molecule has 0 bridgehead atoms. The van der Waals surface area contributed by atoms with Gasteiger partial charge in [0.25, 0.3) is 0 Å². The van der Waals surface area contributed by atoms with E-state index in [1.807, 2.05) is 12.1 Å². The summed E-state index contributed by atoms with van der Waals surface area (Å²) in [6.45, 7) is 0.887. The summed E-state index contributed by atoms with van der Waals surface area (Å²) < 4.78 is 4.63. The number of H-pyrrole nitrogens is 1. The molecule has 3 aromatic rings. The molecule has 1 aliphatic carbocycles. The summed E-state index contributed by atoms with van der Waals surface area (Å²) in [5.41, 5.74) is 5.55. The van der Waals surface area contributed by atoms with Crippen molar-refractivity contribution in [3.05, 3.63) is 83.1 Å². The number of aromatic nitrogens is 1. The summed E-state index contributed by atoms with van der Waals surface area (Å²) in [5, 5.41) is 4.94. The lowest BCUT2D eigenvalue weighted by molar-refractivity contribution is -0.134. The van der Waals surface area contributed by atoms with E-state index in [4.69, 9.17) is 0 Å². The molecule has 2 aromatic carbocycles. The van der Waals surface area contributed by atoms with E-state index in [0.717, 1.165) is 36.1 Å². The molecule has 4 heteroatoms. The molecular formula is C24H22N2O2.